The lowest BCUT2D eigenvalue weighted by Crippen LogP contribution is -2.71. The number of carboxylic acids is 1. The van der Waals surface area contributed by atoms with Crippen LogP contribution in [0, 0.1) is 0 Å². The molecule has 18 heteroatoms. The van der Waals surface area contributed by atoms with E-state index in [4.69, 9.17) is 23.1 Å². The summed E-state index contributed by atoms with van der Waals surface area (Å²) in [7, 11) is 0. The van der Waals surface area contributed by atoms with Gasteiger partial charge in [0, 0.05) is 16.7 Å². The molecule has 178 valence electrons. The maximum absolute atomic E-state index is 12.8. The number of nitrogens with zero attached hydrogens (tertiary/aromatic N) is 4. The number of hydrogen-bond donors (Lipinski definition) is 6. The largest absolute Gasteiger partial charge is 0.477 e. The van der Waals surface area contributed by atoms with Crippen LogP contribution in [-0.4, -0.2) is 70.8 Å². The number of β-lactam (4-membered cyclic amide) rings is 1. The van der Waals surface area contributed by atoms with Gasteiger partial charge in [-0.25, -0.2) is 14.8 Å². The van der Waals surface area contributed by atoms with Gasteiger partial charge in [0.05, 0.1) is 0 Å². The number of amides is 2. The number of fused-ring (bicyclic) bond motifs is 1. The molecule has 34 heavy (non-hydrogen) atoms. The minimum Gasteiger partial charge on any atom is -0.477 e. The summed E-state index contributed by atoms with van der Waals surface area (Å²) in [5.41, 5.74) is 9.56. The number of nitrogen functional groups attached to an aromatic ring is 2. The van der Waals surface area contributed by atoms with Crippen molar-refractivity contribution >= 4 is 81.0 Å². The van der Waals surface area contributed by atoms with Crippen LogP contribution >= 0.6 is 46.5 Å². The quantitative estimate of drug-likeness (QED) is 0.0905. The molecule has 0 saturated carbocycles. The second-order valence-electron chi connectivity index (χ2n) is 6.63. The van der Waals surface area contributed by atoms with Gasteiger partial charge < -0.3 is 27.1 Å². The number of thioether (sulfide) groups is 2. The van der Waals surface area contributed by atoms with E-state index in [0.29, 0.717) is 0 Å². The molecule has 2 atom stereocenters. The van der Waals surface area contributed by atoms with Gasteiger partial charge in [-0.1, -0.05) is 39.9 Å². The summed E-state index contributed by atoms with van der Waals surface area (Å²) >= 11 is 8.91. The van der Waals surface area contributed by atoms with Crippen LogP contribution < -0.4 is 22.3 Å². The minimum absolute atomic E-state index is 0.0146. The summed E-state index contributed by atoms with van der Waals surface area (Å²) in [5.74, 6) is -3.00. The number of nitrogens with two attached hydrogens (primary N) is 2. The highest BCUT2D eigenvalue weighted by Gasteiger charge is 2.54. The maximum atomic E-state index is 12.8. The molecule has 2 aromatic heterocycles. The second-order valence-corrected chi connectivity index (χ2v) is 10.5. The first-order chi connectivity index (χ1) is 16.1. The number of carbonyl (C=O) groups is 3. The number of carbonyl (C=O) groups excluding carboxylic acids is 2. The van der Waals surface area contributed by atoms with E-state index in [0.717, 1.165) is 34.1 Å². The van der Waals surface area contributed by atoms with Crippen molar-refractivity contribution in [1.82, 2.24) is 25.2 Å². The van der Waals surface area contributed by atoms with E-state index in [1.165, 1.54) is 11.8 Å². The number of rotatable bonds is 6. The van der Waals surface area contributed by atoms with E-state index >= 15 is 0 Å². The Morgan fingerprint density at radius 2 is 2.09 bits per heavy atom. The van der Waals surface area contributed by atoms with Gasteiger partial charge in [-0.05, 0) is 0 Å². The van der Waals surface area contributed by atoms with Crippen LogP contribution in [-0.2, 0) is 14.4 Å². The molecule has 0 bridgehead atoms. The van der Waals surface area contributed by atoms with Crippen molar-refractivity contribution in [3.05, 3.63) is 37.1 Å². The highest BCUT2D eigenvalue weighted by atomic mass is 35.5. The van der Waals surface area contributed by atoms with Crippen LogP contribution in [0.1, 0.15) is 5.69 Å². The number of aromatic amines is 1. The average molecular weight is 545 g/mol. The van der Waals surface area contributed by atoms with Crippen molar-refractivity contribution in [3.63, 3.8) is 0 Å². The Balaban J connectivity index is 1.55. The predicted molar refractivity (Wildman–Crippen MR) is 125 cm³/mol. The molecule has 0 spiro atoms. The molecule has 4 heterocycles. The SMILES string of the molecule is Nc1nc(SC2=C(C(=O)O)N3C(=O)C(NC(=O)/C(=N\O)c4nc(N)sc4Cl)C3SC2)cc(=O)[nH]1. The minimum atomic E-state index is -1.37. The summed E-state index contributed by atoms with van der Waals surface area (Å²) in [6.45, 7) is 0. The van der Waals surface area contributed by atoms with E-state index < -0.39 is 40.5 Å². The number of aromatic nitrogens is 3. The van der Waals surface area contributed by atoms with Gasteiger partial charge in [0.15, 0.2) is 10.8 Å². The lowest BCUT2D eigenvalue weighted by atomic mass is 10.0. The Morgan fingerprint density at radius 1 is 1.35 bits per heavy atom. The van der Waals surface area contributed by atoms with Crippen molar-refractivity contribution in [1.29, 1.82) is 0 Å². The molecule has 0 radical (unpaired) electrons. The van der Waals surface area contributed by atoms with Gasteiger partial charge >= 0.3 is 5.97 Å². The number of nitrogens with one attached hydrogen (secondary N) is 2. The molecule has 14 nitrogen and oxygen atoms in total. The molecule has 2 aliphatic rings. The number of H-pyrrole nitrogens is 1. The monoisotopic (exact) mass is 544 g/mol. The standard InChI is InChI=1S/C16H13ClN8O6S3/c17-10-6(23-16(19)34-10)7(24-31)11(27)22-8-12(28)25-9(14(29)30)3(2-32-13(8)25)33-5-1-4(26)20-15(18)21-5/h1,8,13,31H,2H2,(H2,19,23)(H,22,27)(H,29,30)(H3,18,20,21,26)/b24-7-. The molecule has 2 aliphatic heterocycles. The Bertz CT molecular complexity index is 1340. The highest BCUT2D eigenvalue weighted by molar-refractivity contribution is 8.06. The number of hydrogen-bond acceptors (Lipinski definition) is 13. The average Bonchev–Trinajstić information content (AvgIpc) is 3.08. The Morgan fingerprint density at radius 3 is 2.68 bits per heavy atom. The molecule has 2 amide bonds. The van der Waals surface area contributed by atoms with E-state index in [2.05, 4.69) is 25.4 Å². The van der Waals surface area contributed by atoms with E-state index in [-0.39, 0.29) is 42.5 Å². The van der Waals surface area contributed by atoms with Gasteiger partial charge in [0.25, 0.3) is 17.4 Å². The highest BCUT2D eigenvalue weighted by Crippen LogP contribution is 2.44. The van der Waals surface area contributed by atoms with E-state index in [1.54, 1.807) is 0 Å². The van der Waals surface area contributed by atoms with Gasteiger partial charge in [-0.3, -0.25) is 24.3 Å². The Kier molecular flexibility index (Phi) is 6.43. The molecule has 0 aliphatic carbocycles. The van der Waals surface area contributed by atoms with Crippen LogP contribution in [0.2, 0.25) is 4.34 Å². The first-order valence-corrected chi connectivity index (χ1v) is 12.1. The molecule has 8 N–H and O–H groups in total. The number of aliphatic carboxylic acids is 1. The molecular formula is C16H13ClN8O6S3. The normalized spacial score (nSPS) is 20.1. The lowest BCUT2D eigenvalue weighted by molar-refractivity contribution is -0.150. The maximum Gasteiger partial charge on any atom is 0.353 e. The summed E-state index contributed by atoms with van der Waals surface area (Å²) in [6, 6.07) is 0.0513. The van der Waals surface area contributed by atoms with E-state index in [9.17, 15) is 29.5 Å². The van der Waals surface area contributed by atoms with Gasteiger partial charge in [-0.15, -0.1) is 11.8 Å². The van der Waals surface area contributed by atoms with Crippen molar-refractivity contribution in [3.8, 4) is 0 Å². The van der Waals surface area contributed by atoms with Crippen molar-refractivity contribution in [2.45, 2.75) is 16.4 Å². The Labute approximate surface area is 206 Å². The van der Waals surface area contributed by atoms with Gasteiger partial charge in [-0.2, -0.15) is 0 Å². The van der Waals surface area contributed by atoms with E-state index in [1.807, 2.05) is 0 Å². The fraction of sp³-hybridized carbons (Fsp3) is 0.188. The van der Waals surface area contributed by atoms with Crippen LogP contribution in [0.15, 0.2) is 31.6 Å². The first-order valence-electron chi connectivity index (χ1n) is 9.01. The van der Waals surface area contributed by atoms with Gasteiger partial charge in [0.1, 0.15) is 32.2 Å². The summed E-state index contributed by atoms with van der Waals surface area (Å²) < 4.78 is 0.0146. The number of halogens is 1. The second kappa shape index (κ2) is 9.16. The molecule has 0 aromatic carbocycles. The lowest BCUT2D eigenvalue weighted by Gasteiger charge is -2.49. The smallest absolute Gasteiger partial charge is 0.353 e. The third-order valence-electron chi connectivity index (χ3n) is 4.53. The van der Waals surface area contributed by atoms with Crippen LogP contribution in [0.25, 0.3) is 0 Å². The zero-order valence-corrected chi connectivity index (χ0v) is 19.7. The predicted octanol–water partition coefficient (Wildman–Crippen LogP) is -0.289. The molecule has 1 saturated heterocycles. The zero-order chi connectivity index (χ0) is 24.7. The third-order valence-corrected chi connectivity index (χ3v) is 8.08. The fourth-order valence-electron chi connectivity index (χ4n) is 3.17. The molecule has 4 rings (SSSR count). The van der Waals surface area contributed by atoms with Crippen molar-refractivity contribution < 1.29 is 24.7 Å². The number of anilines is 2. The number of carboxylic acid groups (broad SMARTS) is 1. The molecule has 2 unspecified atom stereocenters. The topological polar surface area (TPSA) is 230 Å². The zero-order valence-electron chi connectivity index (χ0n) is 16.5. The van der Waals surface area contributed by atoms with Crippen LogP contribution in [0.5, 0.6) is 0 Å². The number of oxime groups is 1. The van der Waals surface area contributed by atoms with Crippen molar-refractivity contribution in [2.24, 2.45) is 5.16 Å². The molecular weight excluding hydrogens is 532 g/mol. The summed E-state index contributed by atoms with van der Waals surface area (Å²) in [6.07, 6.45) is 0. The first kappa shape index (κ1) is 23.9. The summed E-state index contributed by atoms with van der Waals surface area (Å²) in [4.78, 5) is 60.4. The number of thiazole rings is 1. The third kappa shape index (κ3) is 4.29. The summed E-state index contributed by atoms with van der Waals surface area (Å²) in [5, 5.41) is 23.8. The molecule has 1 fully saturated rings. The van der Waals surface area contributed by atoms with Gasteiger partial charge in [0.2, 0.25) is 5.95 Å². The Hall–Kier alpha value is -3.28. The van der Waals surface area contributed by atoms with Crippen LogP contribution in [0.4, 0.5) is 11.1 Å². The molecule has 2 aromatic rings. The fourth-order valence-corrected chi connectivity index (χ4v) is 6.58. The van der Waals surface area contributed by atoms with Crippen molar-refractivity contribution in [2.75, 3.05) is 17.2 Å². The van der Waals surface area contributed by atoms with Crippen LogP contribution in [0.3, 0.4) is 0 Å².